The van der Waals surface area contributed by atoms with Crippen LogP contribution in [0.2, 0.25) is 0 Å². The van der Waals surface area contributed by atoms with Gasteiger partial charge in [-0.05, 0) is 25.1 Å². The van der Waals surface area contributed by atoms with Crippen LogP contribution in [0.5, 0.6) is 0 Å². The largest absolute Gasteiger partial charge is 0.315 e. The minimum Gasteiger partial charge on any atom is -0.315 e. The number of hydrogen-bond acceptors (Lipinski definition) is 3. The van der Waals surface area contributed by atoms with Crippen molar-refractivity contribution in [3.63, 3.8) is 0 Å². The van der Waals surface area contributed by atoms with Crippen LogP contribution in [0.3, 0.4) is 0 Å². The van der Waals surface area contributed by atoms with Crippen LogP contribution in [-0.4, -0.2) is 36.3 Å². The summed E-state index contributed by atoms with van der Waals surface area (Å²) in [4.78, 5) is 25.9. The zero-order valence-corrected chi connectivity index (χ0v) is 11.6. The van der Waals surface area contributed by atoms with Gasteiger partial charge >= 0.3 is 0 Å². The van der Waals surface area contributed by atoms with Crippen molar-refractivity contribution in [2.45, 2.75) is 26.3 Å². The molecule has 0 aliphatic carbocycles. The molecule has 2 atom stereocenters. The third kappa shape index (κ3) is 2.40. The van der Waals surface area contributed by atoms with Gasteiger partial charge in [0, 0.05) is 12.6 Å². The number of imide groups is 1. The van der Waals surface area contributed by atoms with E-state index in [-0.39, 0.29) is 17.9 Å². The molecule has 0 bridgehead atoms. The van der Waals surface area contributed by atoms with Crippen molar-refractivity contribution in [3.05, 3.63) is 35.4 Å². The first-order chi connectivity index (χ1) is 9.10. The summed E-state index contributed by atoms with van der Waals surface area (Å²) in [5.41, 5.74) is 1.04. The van der Waals surface area contributed by atoms with E-state index < -0.39 is 0 Å². The molecule has 2 amide bonds. The maximum Gasteiger partial charge on any atom is 0.261 e. The van der Waals surface area contributed by atoms with E-state index >= 15 is 0 Å². The molecule has 1 heterocycles. The van der Waals surface area contributed by atoms with Gasteiger partial charge in [-0.25, -0.2) is 0 Å². The highest BCUT2D eigenvalue weighted by Crippen LogP contribution is 2.23. The molecular weight excluding hydrogens is 240 g/mol. The molecule has 0 radical (unpaired) electrons. The quantitative estimate of drug-likeness (QED) is 0.823. The molecule has 0 fully saturated rings. The van der Waals surface area contributed by atoms with Gasteiger partial charge in [-0.2, -0.15) is 0 Å². The van der Waals surface area contributed by atoms with Gasteiger partial charge in [0.2, 0.25) is 0 Å². The fraction of sp³-hybridized carbons (Fsp3) is 0.467. The van der Waals surface area contributed by atoms with E-state index in [1.165, 1.54) is 4.90 Å². The molecule has 1 aromatic carbocycles. The Morgan fingerprint density at radius 1 is 1.16 bits per heavy atom. The molecule has 19 heavy (non-hydrogen) atoms. The Morgan fingerprint density at radius 2 is 1.68 bits per heavy atom. The SMILES string of the molecule is CCC(C)C(CN1C(=O)c2ccccc2C1=O)NC. The minimum absolute atomic E-state index is 0.132. The van der Waals surface area contributed by atoms with E-state index in [0.717, 1.165) is 6.42 Å². The number of carbonyl (C=O) groups excluding carboxylic acids is 2. The standard InChI is InChI=1S/C15H20N2O2/c1-4-10(2)13(16-3)9-17-14(18)11-7-5-6-8-12(11)15(17)19/h5-8,10,13,16H,4,9H2,1-3H3. The monoisotopic (exact) mass is 260 g/mol. The highest BCUT2D eigenvalue weighted by Gasteiger charge is 2.36. The molecule has 2 rings (SSSR count). The van der Waals surface area contributed by atoms with Crippen molar-refractivity contribution in [1.29, 1.82) is 0 Å². The maximum atomic E-state index is 12.2. The van der Waals surface area contributed by atoms with Crippen molar-refractivity contribution in [2.24, 2.45) is 5.92 Å². The maximum absolute atomic E-state index is 12.2. The van der Waals surface area contributed by atoms with Gasteiger partial charge in [0.05, 0.1) is 11.1 Å². The number of benzene rings is 1. The molecule has 1 N–H and O–H groups in total. The smallest absolute Gasteiger partial charge is 0.261 e. The van der Waals surface area contributed by atoms with Gasteiger partial charge < -0.3 is 5.32 Å². The van der Waals surface area contributed by atoms with Crippen LogP contribution < -0.4 is 5.32 Å². The number of fused-ring (bicyclic) bond motifs is 1. The highest BCUT2D eigenvalue weighted by atomic mass is 16.2. The molecule has 1 aliphatic heterocycles. The average molecular weight is 260 g/mol. The third-order valence-electron chi connectivity index (χ3n) is 3.96. The first-order valence-corrected chi connectivity index (χ1v) is 6.72. The summed E-state index contributed by atoms with van der Waals surface area (Å²) in [7, 11) is 1.87. The first kappa shape index (κ1) is 13.7. The second-order valence-corrected chi connectivity index (χ2v) is 5.05. The predicted molar refractivity (Wildman–Crippen MR) is 74.1 cm³/mol. The van der Waals surface area contributed by atoms with Gasteiger partial charge in [0.25, 0.3) is 11.8 Å². The molecule has 0 saturated heterocycles. The molecule has 1 aromatic rings. The summed E-state index contributed by atoms with van der Waals surface area (Å²) in [6, 6.07) is 7.14. The lowest BCUT2D eigenvalue weighted by Gasteiger charge is -2.26. The second kappa shape index (κ2) is 5.53. The summed E-state index contributed by atoms with van der Waals surface area (Å²) >= 11 is 0. The Bertz CT molecular complexity index is 464. The van der Waals surface area contributed by atoms with Crippen molar-refractivity contribution in [3.8, 4) is 0 Å². The lowest BCUT2D eigenvalue weighted by molar-refractivity contribution is 0.0628. The summed E-state index contributed by atoms with van der Waals surface area (Å²) < 4.78 is 0. The average Bonchev–Trinajstić information content (AvgIpc) is 2.68. The number of likely N-dealkylation sites (N-methyl/N-ethyl adjacent to an activating group) is 1. The Kier molecular flexibility index (Phi) is 4.00. The normalized spacial score (nSPS) is 17.5. The molecule has 0 spiro atoms. The molecule has 4 nitrogen and oxygen atoms in total. The van der Waals surface area contributed by atoms with Gasteiger partial charge in [0.1, 0.15) is 0 Å². The van der Waals surface area contributed by atoms with Gasteiger partial charge in [0.15, 0.2) is 0 Å². The molecule has 4 heteroatoms. The van der Waals surface area contributed by atoms with E-state index in [4.69, 9.17) is 0 Å². The van der Waals surface area contributed by atoms with Crippen molar-refractivity contribution in [1.82, 2.24) is 10.2 Å². The molecule has 102 valence electrons. The molecular formula is C15H20N2O2. The van der Waals surface area contributed by atoms with Gasteiger partial charge in [-0.1, -0.05) is 32.4 Å². The summed E-state index contributed by atoms with van der Waals surface area (Å²) in [6.45, 7) is 4.66. The van der Waals surface area contributed by atoms with Crippen molar-refractivity contribution < 1.29 is 9.59 Å². The Labute approximate surface area is 113 Å². The fourth-order valence-electron chi connectivity index (χ4n) is 2.44. The van der Waals surface area contributed by atoms with Crippen LogP contribution in [0.25, 0.3) is 0 Å². The second-order valence-electron chi connectivity index (χ2n) is 5.05. The zero-order valence-electron chi connectivity index (χ0n) is 11.6. The zero-order chi connectivity index (χ0) is 14.0. The van der Waals surface area contributed by atoms with Crippen LogP contribution >= 0.6 is 0 Å². The lowest BCUT2D eigenvalue weighted by Crippen LogP contribution is -2.45. The molecule has 1 aliphatic rings. The highest BCUT2D eigenvalue weighted by molar-refractivity contribution is 6.21. The first-order valence-electron chi connectivity index (χ1n) is 6.72. The number of amides is 2. The number of rotatable bonds is 5. The number of carbonyl (C=O) groups is 2. The third-order valence-corrected chi connectivity index (χ3v) is 3.96. The van der Waals surface area contributed by atoms with Crippen molar-refractivity contribution in [2.75, 3.05) is 13.6 Å². The number of nitrogens with zero attached hydrogens (tertiary/aromatic N) is 1. The van der Waals surface area contributed by atoms with E-state index in [0.29, 0.717) is 23.6 Å². The Morgan fingerprint density at radius 3 is 2.11 bits per heavy atom. The van der Waals surface area contributed by atoms with Crippen LogP contribution in [0, 0.1) is 5.92 Å². The Balaban J connectivity index is 2.20. The topological polar surface area (TPSA) is 49.4 Å². The van der Waals surface area contributed by atoms with Gasteiger partial charge in [-0.3, -0.25) is 14.5 Å². The van der Waals surface area contributed by atoms with Gasteiger partial charge in [-0.15, -0.1) is 0 Å². The molecule has 2 unspecified atom stereocenters. The Hall–Kier alpha value is -1.68. The lowest BCUT2D eigenvalue weighted by atomic mass is 9.99. The number of nitrogens with one attached hydrogen (secondary N) is 1. The van der Waals surface area contributed by atoms with Crippen molar-refractivity contribution >= 4 is 11.8 Å². The summed E-state index contributed by atoms with van der Waals surface area (Å²) in [5.74, 6) is 0.0580. The van der Waals surface area contributed by atoms with E-state index in [1.54, 1.807) is 24.3 Å². The van der Waals surface area contributed by atoms with Crippen LogP contribution in [0.4, 0.5) is 0 Å². The predicted octanol–water partition coefficient (Wildman–Crippen LogP) is 1.92. The summed E-state index contributed by atoms with van der Waals surface area (Å²) in [6.07, 6.45) is 1.01. The van der Waals surface area contributed by atoms with Crippen LogP contribution in [0.1, 0.15) is 41.0 Å². The molecule has 0 saturated carbocycles. The minimum atomic E-state index is -0.177. The molecule has 0 aromatic heterocycles. The number of hydrogen-bond donors (Lipinski definition) is 1. The fourth-order valence-corrected chi connectivity index (χ4v) is 2.44. The van der Waals surface area contributed by atoms with E-state index in [1.807, 2.05) is 7.05 Å². The summed E-state index contributed by atoms with van der Waals surface area (Å²) in [5, 5.41) is 3.20. The van der Waals surface area contributed by atoms with Crippen LogP contribution in [0.15, 0.2) is 24.3 Å². The van der Waals surface area contributed by atoms with E-state index in [9.17, 15) is 9.59 Å². The van der Waals surface area contributed by atoms with E-state index in [2.05, 4.69) is 19.2 Å². The van der Waals surface area contributed by atoms with Crippen LogP contribution in [-0.2, 0) is 0 Å².